The van der Waals surface area contributed by atoms with Gasteiger partial charge in [0.1, 0.15) is 6.04 Å². The molecule has 1 aromatic heterocycles. The van der Waals surface area contributed by atoms with Gasteiger partial charge in [-0.15, -0.1) is 0 Å². The second kappa shape index (κ2) is 9.21. The molecule has 1 aliphatic rings. The van der Waals surface area contributed by atoms with Crippen LogP contribution >= 0.6 is 0 Å². The molecule has 3 aromatic rings. The maximum atomic E-state index is 12.3. The molecule has 1 unspecified atom stereocenters. The van der Waals surface area contributed by atoms with E-state index in [1.165, 1.54) is 13.2 Å². The minimum atomic E-state index is -0.792. The maximum absolute atomic E-state index is 12.3. The Morgan fingerprint density at radius 2 is 2.00 bits per heavy atom. The number of methoxy groups -OCH3 is 1. The standard InChI is InChI=1S/C24H22N2O5/c1-29-24(28)20(13-17-14-25-19-8-4-3-7-18(17)19)26-23(27)9-5-2-6-16-10-11-21-22(12-16)31-15-30-21/h2-12,14,20,25H,13,15H2,1H3,(H,26,27)/b6-2+,9-5+. The number of amides is 1. The molecule has 2 aromatic carbocycles. The first-order valence-corrected chi connectivity index (χ1v) is 9.82. The monoisotopic (exact) mass is 418 g/mol. The number of benzene rings is 2. The molecular formula is C24H22N2O5. The molecule has 0 fully saturated rings. The lowest BCUT2D eigenvalue weighted by molar-refractivity contribution is -0.144. The van der Waals surface area contributed by atoms with E-state index in [2.05, 4.69) is 10.3 Å². The number of aromatic nitrogens is 1. The van der Waals surface area contributed by atoms with Crippen LogP contribution in [0.1, 0.15) is 11.1 Å². The second-order valence-corrected chi connectivity index (χ2v) is 6.98. The van der Waals surface area contributed by atoms with Crippen LogP contribution < -0.4 is 14.8 Å². The topological polar surface area (TPSA) is 89.7 Å². The van der Waals surface area contributed by atoms with E-state index in [4.69, 9.17) is 14.2 Å². The van der Waals surface area contributed by atoms with Gasteiger partial charge in [-0.25, -0.2) is 4.79 Å². The molecule has 0 saturated heterocycles. The van der Waals surface area contributed by atoms with Crippen LogP contribution in [-0.2, 0) is 20.7 Å². The summed E-state index contributed by atoms with van der Waals surface area (Å²) in [6, 6.07) is 12.6. The van der Waals surface area contributed by atoms with Gasteiger partial charge in [0.2, 0.25) is 12.7 Å². The van der Waals surface area contributed by atoms with E-state index >= 15 is 0 Å². The van der Waals surface area contributed by atoms with Crippen molar-refractivity contribution in [1.29, 1.82) is 0 Å². The summed E-state index contributed by atoms with van der Waals surface area (Å²) in [4.78, 5) is 27.7. The fourth-order valence-electron chi connectivity index (χ4n) is 3.40. The van der Waals surface area contributed by atoms with E-state index in [1.807, 2.05) is 54.7 Å². The molecule has 0 spiro atoms. The van der Waals surface area contributed by atoms with Crippen LogP contribution in [0.3, 0.4) is 0 Å². The number of hydrogen-bond donors (Lipinski definition) is 2. The van der Waals surface area contributed by atoms with Crippen LogP contribution in [0.25, 0.3) is 17.0 Å². The van der Waals surface area contributed by atoms with Crippen molar-refractivity contribution in [3.05, 3.63) is 78.0 Å². The van der Waals surface area contributed by atoms with E-state index in [1.54, 1.807) is 12.2 Å². The third-order valence-electron chi connectivity index (χ3n) is 4.95. The van der Waals surface area contributed by atoms with Crippen molar-refractivity contribution in [2.24, 2.45) is 0 Å². The summed E-state index contributed by atoms with van der Waals surface area (Å²) in [6.45, 7) is 0.225. The number of H-pyrrole nitrogens is 1. The van der Waals surface area contributed by atoms with Gasteiger partial charge in [-0.05, 0) is 29.3 Å². The van der Waals surface area contributed by atoms with Crippen molar-refractivity contribution in [2.45, 2.75) is 12.5 Å². The first-order valence-electron chi connectivity index (χ1n) is 9.82. The van der Waals surface area contributed by atoms with Gasteiger partial charge < -0.3 is 24.5 Å². The van der Waals surface area contributed by atoms with Crippen LogP contribution in [-0.4, -0.2) is 36.8 Å². The zero-order valence-electron chi connectivity index (χ0n) is 17.0. The molecule has 0 bridgehead atoms. The predicted molar refractivity (Wildman–Crippen MR) is 117 cm³/mol. The molecule has 1 atom stereocenters. The summed E-state index contributed by atoms with van der Waals surface area (Å²) in [6.07, 6.45) is 8.73. The largest absolute Gasteiger partial charge is 0.467 e. The summed E-state index contributed by atoms with van der Waals surface area (Å²) in [5, 5.41) is 3.73. The average Bonchev–Trinajstić information content (AvgIpc) is 3.42. The van der Waals surface area contributed by atoms with Crippen molar-refractivity contribution >= 4 is 28.9 Å². The molecule has 2 N–H and O–H groups in total. The summed E-state index contributed by atoms with van der Waals surface area (Å²) >= 11 is 0. The van der Waals surface area contributed by atoms with Gasteiger partial charge >= 0.3 is 5.97 Å². The fourth-order valence-corrected chi connectivity index (χ4v) is 3.40. The van der Waals surface area contributed by atoms with Crippen molar-refractivity contribution in [2.75, 3.05) is 13.9 Å². The minimum absolute atomic E-state index is 0.225. The van der Waals surface area contributed by atoms with Crippen molar-refractivity contribution in [3.8, 4) is 11.5 Å². The highest BCUT2D eigenvalue weighted by atomic mass is 16.7. The van der Waals surface area contributed by atoms with Crippen molar-refractivity contribution < 1.29 is 23.8 Å². The Labute approximate surface area is 179 Å². The highest BCUT2D eigenvalue weighted by Gasteiger charge is 2.22. The molecule has 1 aliphatic heterocycles. The van der Waals surface area contributed by atoms with Crippen molar-refractivity contribution in [1.82, 2.24) is 10.3 Å². The number of allylic oxidation sites excluding steroid dienone is 2. The highest BCUT2D eigenvalue weighted by Crippen LogP contribution is 2.32. The Bertz CT molecular complexity index is 1160. The number of aromatic amines is 1. The normalized spacial score (nSPS) is 13.7. The zero-order chi connectivity index (χ0) is 21.6. The van der Waals surface area contributed by atoms with E-state index in [0.29, 0.717) is 12.2 Å². The van der Waals surface area contributed by atoms with Gasteiger partial charge in [0.25, 0.3) is 0 Å². The molecule has 1 amide bonds. The smallest absolute Gasteiger partial charge is 0.328 e. The van der Waals surface area contributed by atoms with Crippen LogP contribution in [0.2, 0.25) is 0 Å². The molecule has 0 aliphatic carbocycles. The van der Waals surface area contributed by atoms with E-state index in [-0.39, 0.29) is 12.7 Å². The Morgan fingerprint density at radius 3 is 2.87 bits per heavy atom. The quantitative estimate of drug-likeness (QED) is 0.349. The summed E-state index contributed by atoms with van der Waals surface area (Å²) in [5.41, 5.74) is 2.82. The van der Waals surface area contributed by atoms with Crippen LogP contribution in [0.5, 0.6) is 11.5 Å². The number of esters is 1. The molecule has 7 heteroatoms. The first kappa shape index (κ1) is 20.3. The third-order valence-corrected chi connectivity index (χ3v) is 4.95. The lowest BCUT2D eigenvalue weighted by Gasteiger charge is -2.15. The maximum Gasteiger partial charge on any atom is 0.328 e. The molecule has 158 valence electrons. The number of ether oxygens (including phenoxy) is 3. The highest BCUT2D eigenvalue weighted by molar-refractivity contribution is 5.92. The minimum Gasteiger partial charge on any atom is -0.467 e. The van der Waals surface area contributed by atoms with Gasteiger partial charge in [0, 0.05) is 29.6 Å². The summed E-state index contributed by atoms with van der Waals surface area (Å²) in [5.74, 6) is 0.534. The SMILES string of the molecule is COC(=O)C(Cc1c[nH]c2ccccc12)NC(=O)/C=C/C=C/c1ccc2c(c1)OCO2. The third kappa shape index (κ3) is 4.78. The lowest BCUT2D eigenvalue weighted by atomic mass is 10.0. The Kier molecular flexibility index (Phi) is 6.03. The van der Waals surface area contributed by atoms with Gasteiger partial charge in [-0.2, -0.15) is 0 Å². The van der Waals surface area contributed by atoms with Gasteiger partial charge in [-0.1, -0.05) is 42.5 Å². The van der Waals surface area contributed by atoms with E-state index < -0.39 is 12.0 Å². The molecule has 4 rings (SSSR count). The molecule has 7 nitrogen and oxygen atoms in total. The number of carbonyl (C=O) groups is 2. The Morgan fingerprint density at radius 1 is 1.16 bits per heavy atom. The predicted octanol–water partition coefficient (Wildman–Crippen LogP) is 3.37. The van der Waals surface area contributed by atoms with Gasteiger partial charge in [0.05, 0.1) is 7.11 Å². The Hall–Kier alpha value is -4.00. The van der Waals surface area contributed by atoms with E-state index in [0.717, 1.165) is 27.8 Å². The van der Waals surface area contributed by atoms with Gasteiger partial charge in [-0.3, -0.25) is 4.79 Å². The fraction of sp³-hybridized carbons (Fsp3) is 0.167. The molecule has 0 saturated carbocycles. The van der Waals surface area contributed by atoms with Crippen LogP contribution in [0.15, 0.2) is 66.9 Å². The number of hydrogen-bond acceptors (Lipinski definition) is 5. The average molecular weight is 418 g/mol. The number of fused-ring (bicyclic) bond motifs is 2. The molecule has 31 heavy (non-hydrogen) atoms. The zero-order valence-corrected chi connectivity index (χ0v) is 17.0. The number of carbonyl (C=O) groups excluding carboxylic acids is 2. The molecular weight excluding hydrogens is 396 g/mol. The Balaban J connectivity index is 1.38. The number of para-hydroxylation sites is 1. The number of rotatable bonds is 7. The van der Waals surface area contributed by atoms with Crippen molar-refractivity contribution in [3.63, 3.8) is 0 Å². The summed E-state index contributed by atoms with van der Waals surface area (Å²) in [7, 11) is 1.31. The lowest BCUT2D eigenvalue weighted by Crippen LogP contribution is -2.42. The number of nitrogens with one attached hydrogen (secondary N) is 2. The van der Waals surface area contributed by atoms with Gasteiger partial charge in [0.15, 0.2) is 11.5 Å². The summed E-state index contributed by atoms with van der Waals surface area (Å²) < 4.78 is 15.5. The van der Waals surface area contributed by atoms with Crippen LogP contribution in [0, 0.1) is 0 Å². The molecule has 0 radical (unpaired) electrons. The van der Waals surface area contributed by atoms with Crippen LogP contribution in [0.4, 0.5) is 0 Å². The first-order chi connectivity index (χ1) is 15.1. The molecule has 2 heterocycles. The van der Waals surface area contributed by atoms with E-state index in [9.17, 15) is 9.59 Å². The second-order valence-electron chi connectivity index (χ2n) is 6.98.